The zero-order valence-electron chi connectivity index (χ0n) is 13.0. The molecule has 0 unspecified atom stereocenters. The van der Waals surface area contributed by atoms with Gasteiger partial charge in [-0.25, -0.2) is 0 Å². The van der Waals surface area contributed by atoms with Crippen LogP contribution in [0.5, 0.6) is 0 Å². The van der Waals surface area contributed by atoms with E-state index in [1.165, 1.54) is 6.26 Å². The maximum Gasteiger partial charge on any atom is 0.289 e. The molecule has 2 aromatic rings. The second-order valence-corrected chi connectivity index (χ2v) is 7.63. The highest BCUT2D eigenvalue weighted by atomic mass is 32.2. The number of carbonyl (C=O) groups excluding carboxylic acids is 2. The molecule has 3 rings (SSSR count). The first-order chi connectivity index (χ1) is 11.1. The molecule has 0 radical (unpaired) electrons. The Morgan fingerprint density at radius 3 is 2.91 bits per heavy atom. The van der Waals surface area contributed by atoms with Crippen LogP contribution in [0.3, 0.4) is 0 Å². The van der Waals surface area contributed by atoms with E-state index >= 15 is 0 Å². The second-order valence-electron chi connectivity index (χ2n) is 5.42. The summed E-state index contributed by atoms with van der Waals surface area (Å²) in [6, 6.07) is 5.39. The van der Waals surface area contributed by atoms with Crippen LogP contribution in [0.4, 0.5) is 0 Å². The lowest BCUT2D eigenvalue weighted by atomic mass is 10.2. The summed E-state index contributed by atoms with van der Waals surface area (Å²) >= 11 is 3.29. The highest BCUT2D eigenvalue weighted by molar-refractivity contribution is 8.01. The number of hydrogen-bond donors (Lipinski definition) is 0. The number of likely N-dealkylation sites (N-methyl/N-ethyl adjacent to an activating group) is 1. The van der Waals surface area contributed by atoms with Crippen LogP contribution >= 0.6 is 23.1 Å². The van der Waals surface area contributed by atoms with E-state index < -0.39 is 0 Å². The van der Waals surface area contributed by atoms with Crippen molar-refractivity contribution in [3.8, 4) is 0 Å². The Balaban J connectivity index is 1.65. The summed E-state index contributed by atoms with van der Waals surface area (Å²) in [5.41, 5.74) is 1.15. The van der Waals surface area contributed by atoms with Crippen LogP contribution in [-0.2, 0) is 4.79 Å². The number of carbonyl (C=O) groups is 2. The predicted octanol–water partition coefficient (Wildman–Crippen LogP) is 3.08. The fourth-order valence-electron chi connectivity index (χ4n) is 2.52. The van der Waals surface area contributed by atoms with Gasteiger partial charge in [-0.3, -0.25) is 9.59 Å². The zero-order valence-corrected chi connectivity index (χ0v) is 14.6. The molecule has 0 bridgehead atoms. The van der Waals surface area contributed by atoms with Gasteiger partial charge in [-0.2, -0.15) is 11.3 Å². The van der Waals surface area contributed by atoms with Gasteiger partial charge in [0.25, 0.3) is 5.91 Å². The first-order valence-corrected chi connectivity index (χ1v) is 9.23. The third-order valence-corrected chi connectivity index (χ3v) is 5.93. The van der Waals surface area contributed by atoms with Crippen molar-refractivity contribution in [1.82, 2.24) is 9.80 Å². The van der Waals surface area contributed by atoms with E-state index in [1.54, 1.807) is 47.2 Å². The molecule has 2 aromatic heterocycles. The fraction of sp³-hybridized carbons (Fsp3) is 0.375. The standard InChI is InChI=1S/C16H18N2O3S2/c1-11-14(19)18(16(23-11)12-5-9-22-10-12)7-6-17(2)15(20)13-4-3-8-21-13/h3-5,8-11,16H,6-7H2,1-2H3/t11-,16-/m0/s1. The lowest BCUT2D eigenvalue weighted by molar-refractivity contribution is -0.129. The quantitative estimate of drug-likeness (QED) is 0.832. The smallest absolute Gasteiger partial charge is 0.289 e. The van der Waals surface area contributed by atoms with E-state index in [9.17, 15) is 9.59 Å². The molecular weight excluding hydrogens is 332 g/mol. The summed E-state index contributed by atoms with van der Waals surface area (Å²) in [4.78, 5) is 28.1. The maximum atomic E-state index is 12.4. The number of furan rings is 1. The SMILES string of the molecule is C[C@@H]1S[C@@H](c2ccsc2)N(CCN(C)C(=O)c2ccco2)C1=O. The molecule has 2 atom stereocenters. The molecule has 7 heteroatoms. The van der Waals surface area contributed by atoms with Crippen LogP contribution in [0.2, 0.25) is 0 Å². The number of hydrogen-bond acceptors (Lipinski definition) is 5. The van der Waals surface area contributed by atoms with Gasteiger partial charge < -0.3 is 14.2 Å². The molecule has 0 N–H and O–H groups in total. The number of amides is 2. The zero-order chi connectivity index (χ0) is 16.4. The third kappa shape index (κ3) is 3.30. The Hall–Kier alpha value is -1.73. The van der Waals surface area contributed by atoms with Crippen molar-refractivity contribution in [3.63, 3.8) is 0 Å². The van der Waals surface area contributed by atoms with E-state index in [4.69, 9.17) is 4.42 Å². The molecule has 1 aliphatic heterocycles. The lowest BCUT2D eigenvalue weighted by Crippen LogP contribution is -2.38. The Bertz CT molecular complexity index is 670. The van der Waals surface area contributed by atoms with Crippen LogP contribution in [0, 0.1) is 0 Å². The van der Waals surface area contributed by atoms with Gasteiger partial charge in [0.15, 0.2) is 5.76 Å². The van der Waals surface area contributed by atoms with Crippen molar-refractivity contribution in [2.24, 2.45) is 0 Å². The lowest BCUT2D eigenvalue weighted by Gasteiger charge is -2.26. The van der Waals surface area contributed by atoms with Crippen molar-refractivity contribution >= 4 is 34.9 Å². The molecule has 23 heavy (non-hydrogen) atoms. The summed E-state index contributed by atoms with van der Waals surface area (Å²) in [6.07, 6.45) is 1.48. The number of nitrogens with zero attached hydrogens (tertiary/aromatic N) is 2. The summed E-state index contributed by atoms with van der Waals surface area (Å²) in [7, 11) is 1.72. The Morgan fingerprint density at radius 1 is 1.43 bits per heavy atom. The Kier molecular flexibility index (Phi) is 4.77. The Morgan fingerprint density at radius 2 is 2.26 bits per heavy atom. The fourth-order valence-corrected chi connectivity index (χ4v) is 4.59. The molecule has 2 amide bonds. The average Bonchev–Trinajstić information content (AvgIpc) is 3.27. The van der Waals surface area contributed by atoms with Crippen LogP contribution in [0.15, 0.2) is 39.6 Å². The molecule has 3 heterocycles. The van der Waals surface area contributed by atoms with Crippen molar-refractivity contribution in [2.45, 2.75) is 17.5 Å². The van der Waals surface area contributed by atoms with Gasteiger partial charge in [0.1, 0.15) is 5.37 Å². The topological polar surface area (TPSA) is 53.8 Å². The monoisotopic (exact) mass is 350 g/mol. The van der Waals surface area contributed by atoms with E-state index in [2.05, 4.69) is 11.4 Å². The van der Waals surface area contributed by atoms with Crippen molar-refractivity contribution in [1.29, 1.82) is 0 Å². The normalized spacial score (nSPS) is 21.0. The highest BCUT2D eigenvalue weighted by Crippen LogP contribution is 2.43. The molecule has 122 valence electrons. The van der Waals surface area contributed by atoms with E-state index in [0.29, 0.717) is 18.8 Å². The molecule has 0 saturated carbocycles. The van der Waals surface area contributed by atoms with Crippen LogP contribution < -0.4 is 0 Å². The second kappa shape index (κ2) is 6.80. The minimum absolute atomic E-state index is 0.0378. The predicted molar refractivity (Wildman–Crippen MR) is 91.5 cm³/mol. The van der Waals surface area contributed by atoms with Gasteiger partial charge in [-0.15, -0.1) is 11.8 Å². The molecule has 0 aliphatic carbocycles. The maximum absolute atomic E-state index is 12.4. The van der Waals surface area contributed by atoms with Crippen molar-refractivity contribution in [3.05, 3.63) is 46.5 Å². The van der Waals surface area contributed by atoms with Gasteiger partial charge in [0.05, 0.1) is 11.5 Å². The number of thiophene rings is 1. The third-order valence-electron chi connectivity index (χ3n) is 3.83. The molecule has 1 saturated heterocycles. The van der Waals surface area contributed by atoms with Gasteiger partial charge in [-0.05, 0) is 41.4 Å². The summed E-state index contributed by atoms with van der Waals surface area (Å²) in [6.45, 7) is 2.92. The first-order valence-electron chi connectivity index (χ1n) is 7.35. The van der Waals surface area contributed by atoms with Gasteiger partial charge in [0.2, 0.25) is 5.91 Å². The highest BCUT2D eigenvalue weighted by Gasteiger charge is 2.38. The minimum atomic E-state index is -0.172. The minimum Gasteiger partial charge on any atom is -0.459 e. The number of rotatable bonds is 5. The number of thioether (sulfide) groups is 1. The first kappa shape index (κ1) is 16.1. The van der Waals surface area contributed by atoms with Crippen molar-refractivity contribution in [2.75, 3.05) is 20.1 Å². The molecule has 1 fully saturated rings. The molecule has 1 aliphatic rings. The molecular formula is C16H18N2O3S2. The molecule has 5 nitrogen and oxygen atoms in total. The summed E-state index contributed by atoms with van der Waals surface area (Å²) in [5.74, 6) is 0.275. The largest absolute Gasteiger partial charge is 0.459 e. The van der Waals surface area contributed by atoms with Gasteiger partial charge in [-0.1, -0.05) is 0 Å². The van der Waals surface area contributed by atoms with E-state index in [-0.39, 0.29) is 22.4 Å². The van der Waals surface area contributed by atoms with Crippen molar-refractivity contribution < 1.29 is 14.0 Å². The average molecular weight is 350 g/mol. The van der Waals surface area contributed by atoms with Gasteiger partial charge >= 0.3 is 0 Å². The molecule has 0 spiro atoms. The van der Waals surface area contributed by atoms with E-state index in [1.807, 2.05) is 17.2 Å². The summed E-state index contributed by atoms with van der Waals surface area (Å²) in [5, 5.41) is 4.09. The Labute approximate surface area is 143 Å². The van der Waals surface area contributed by atoms with Gasteiger partial charge in [0, 0.05) is 20.1 Å². The van der Waals surface area contributed by atoms with E-state index in [0.717, 1.165) is 5.56 Å². The van der Waals surface area contributed by atoms with Crippen LogP contribution in [0.1, 0.15) is 28.4 Å². The van der Waals surface area contributed by atoms with Crippen LogP contribution in [0.25, 0.3) is 0 Å². The van der Waals surface area contributed by atoms with Crippen LogP contribution in [-0.4, -0.2) is 47.0 Å². The summed E-state index contributed by atoms with van der Waals surface area (Å²) < 4.78 is 5.13. The molecule has 0 aromatic carbocycles.